The monoisotopic (exact) mass is 379 g/mol. The average Bonchev–Trinajstić information content (AvgIpc) is 2.64. The first kappa shape index (κ1) is 22.2. The van der Waals surface area contributed by atoms with Crippen molar-refractivity contribution >= 4 is 11.8 Å². The Bertz CT molecular complexity index is 486. The third kappa shape index (κ3) is 6.48. The molecule has 0 aromatic heterocycles. The lowest BCUT2D eigenvalue weighted by molar-refractivity contribution is -0.130. The van der Waals surface area contributed by atoms with Gasteiger partial charge in [0.1, 0.15) is 0 Å². The Morgan fingerprint density at radius 2 is 1.70 bits per heavy atom. The van der Waals surface area contributed by atoms with Gasteiger partial charge < -0.3 is 16.4 Å². The molecule has 0 spiro atoms. The van der Waals surface area contributed by atoms with Crippen LogP contribution in [0, 0.1) is 29.6 Å². The summed E-state index contributed by atoms with van der Waals surface area (Å²) in [6, 6.07) is -0.525. The Labute approximate surface area is 165 Å². The van der Waals surface area contributed by atoms with E-state index in [1.807, 2.05) is 0 Å². The first-order chi connectivity index (χ1) is 12.8. The Balaban J connectivity index is 1.98. The van der Waals surface area contributed by atoms with E-state index in [1.54, 1.807) is 6.92 Å². The van der Waals surface area contributed by atoms with Crippen LogP contribution in [0.5, 0.6) is 0 Å². The molecule has 5 nitrogen and oxygen atoms in total. The van der Waals surface area contributed by atoms with Crippen LogP contribution in [0.15, 0.2) is 0 Å². The minimum absolute atomic E-state index is 0.00809. The highest BCUT2D eigenvalue weighted by atomic mass is 16.2. The lowest BCUT2D eigenvalue weighted by Crippen LogP contribution is -2.53. The van der Waals surface area contributed by atoms with E-state index >= 15 is 0 Å². The Kier molecular flexibility index (Phi) is 8.59. The van der Waals surface area contributed by atoms with Crippen molar-refractivity contribution in [2.24, 2.45) is 35.3 Å². The van der Waals surface area contributed by atoms with Crippen LogP contribution in [-0.4, -0.2) is 30.4 Å². The summed E-state index contributed by atoms with van der Waals surface area (Å²) in [5.74, 6) is 2.20. The summed E-state index contributed by atoms with van der Waals surface area (Å²) in [6.07, 6.45) is 9.27. The van der Waals surface area contributed by atoms with Gasteiger partial charge in [0.05, 0.1) is 6.04 Å². The number of hydrogen-bond donors (Lipinski definition) is 3. The van der Waals surface area contributed by atoms with Gasteiger partial charge in [-0.2, -0.15) is 0 Å². The molecule has 5 atom stereocenters. The molecule has 156 valence electrons. The van der Waals surface area contributed by atoms with Gasteiger partial charge in [0.15, 0.2) is 0 Å². The van der Waals surface area contributed by atoms with Crippen molar-refractivity contribution < 1.29 is 9.59 Å². The Morgan fingerprint density at radius 3 is 2.30 bits per heavy atom. The summed E-state index contributed by atoms with van der Waals surface area (Å²) in [4.78, 5) is 25.2. The summed E-state index contributed by atoms with van der Waals surface area (Å²) in [7, 11) is 0. The molecule has 4 N–H and O–H groups in total. The average molecular weight is 380 g/mol. The normalized spacial score (nSPS) is 29.2. The molecule has 0 aromatic rings. The molecule has 2 rings (SSSR count). The van der Waals surface area contributed by atoms with Gasteiger partial charge in [-0.1, -0.05) is 46.5 Å². The Morgan fingerprint density at radius 1 is 1.04 bits per heavy atom. The first-order valence-corrected chi connectivity index (χ1v) is 11.1. The zero-order chi connectivity index (χ0) is 20.0. The highest BCUT2D eigenvalue weighted by molar-refractivity contribution is 5.82. The first-order valence-electron chi connectivity index (χ1n) is 11.1. The highest BCUT2D eigenvalue weighted by Crippen LogP contribution is 2.38. The molecule has 0 radical (unpaired) electrons. The molecule has 2 aliphatic rings. The molecule has 0 bridgehead atoms. The highest BCUT2D eigenvalue weighted by Gasteiger charge is 2.36. The van der Waals surface area contributed by atoms with Crippen molar-refractivity contribution in [3.8, 4) is 0 Å². The minimum Gasteiger partial charge on any atom is -0.354 e. The lowest BCUT2D eigenvalue weighted by Gasteiger charge is -2.37. The third-order valence-corrected chi connectivity index (χ3v) is 6.82. The van der Waals surface area contributed by atoms with Crippen LogP contribution in [0.4, 0.5) is 0 Å². The molecule has 2 fully saturated rings. The summed E-state index contributed by atoms with van der Waals surface area (Å²) in [6.45, 7) is 8.95. The summed E-state index contributed by atoms with van der Waals surface area (Å²) in [5, 5.41) is 6.31. The van der Waals surface area contributed by atoms with E-state index in [2.05, 4.69) is 31.4 Å². The van der Waals surface area contributed by atoms with Crippen LogP contribution in [0.1, 0.15) is 79.1 Å². The molecule has 27 heavy (non-hydrogen) atoms. The van der Waals surface area contributed by atoms with E-state index in [0.29, 0.717) is 30.2 Å². The van der Waals surface area contributed by atoms with Gasteiger partial charge in [-0.15, -0.1) is 0 Å². The van der Waals surface area contributed by atoms with Crippen molar-refractivity contribution in [3.05, 3.63) is 0 Å². The number of carbonyl (C=O) groups is 2. The number of hydrogen-bond acceptors (Lipinski definition) is 3. The molecule has 0 aliphatic heterocycles. The number of amides is 2. The topological polar surface area (TPSA) is 84.2 Å². The molecular weight excluding hydrogens is 338 g/mol. The third-order valence-electron chi connectivity index (χ3n) is 6.82. The van der Waals surface area contributed by atoms with Gasteiger partial charge >= 0.3 is 0 Å². The number of carbonyl (C=O) groups excluding carboxylic acids is 2. The molecule has 0 heterocycles. The van der Waals surface area contributed by atoms with Crippen LogP contribution < -0.4 is 16.4 Å². The van der Waals surface area contributed by atoms with E-state index in [1.165, 1.54) is 25.7 Å². The lowest BCUT2D eigenvalue weighted by atomic mass is 9.69. The van der Waals surface area contributed by atoms with E-state index in [9.17, 15) is 9.59 Å². The fourth-order valence-electron chi connectivity index (χ4n) is 5.03. The van der Waals surface area contributed by atoms with Crippen LogP contribution in [0.25, 0.3) is 0 Å². The van der Waals surface area contributed by atoms with Gasteiger partial charge in [-0.05, 0) is 56.3 Å². The molecule has 0 aromatic carbocycles. The van der Waals surface area contributed by atoms with Gasteiger partial charge in [0.2, 0.25) is 11.8 Å². The van der Waals surface area contributed by atoms with Crippen molar-refractivity contribution in [2.75, 3.05) is 6.54 Å². The molecule has 5 heteroatoms. The predicted octanol–water partition coefficient (Wildman–Crippen LogP) is 3.22. The quantitative estimate of drug-likeness (QED) is 0.635. The van der Waals surface area contributed by atoms with E-state index < -0.39 is 6.04 Å². The van der Waals surface area contributed by atoms with Gasteiger partial charge in [-0.25, -0.2) is 0 Å². The smallest absolute Gasteiger partial charge is 0.236 e. The zero-order valence-electron chi connectivity index (χ0n) is 17.8. The molecule has 2 aliphatic carbocycles. The minimum atomic E-state index is -0.517. The molecule has 2 saturated carbocycles. The fraction of sp³-hybridized carbons (Fsp3) is 0.909. The maximum atomic E-state index is 13.0. The van der Waals surface area contributed by atoms with Crippen LogP contribution in [-0.2, 0) is 9.59 Å². The SMILES string of the molecule is CC1CC[C@@H](C(C)C)C(C(=O)NCC(NC(=O)[C@H](C)N)C2CCCCC2)C1. The second kappa shape index (κ2) is 10.4. The fourth-order valence-corrected chi connectivity index (χ4v) is 5.03. The number of nitrogens with two attached hydrogens (primary N) is 1. The van der Waals surface area contributed by atoms with Crippen molar-refractivity contribution in [1.29, 1.82) is 0 Å². The molecule has 0 saturated heterocycles. The van der Waals surface area contributed by atoms with Crippen molar-refractivity contribution in [3.63, 3.8) is 0 Å². The summed E-state index contributed by atoms with van der Waals surface area (Å²) >= 11 is 0. The van der Waals surface area contributed by atoms with Crippen molar-refractivity contribution in [1.82, 2.24) is 10.6 Å². The molecule has 2 amide bonds. The maximum Gasteiger partial charge on any atom is 0.236 e. The van der Waals surface area contributed by atoms with Crippen LogP contribution in [0.2, 0.25) is 0 Å². The van der Waals surface area contributed by atoms with E-state index in [4.69, 9.17) is 5.73 Å². The second-order valence-electron chi connectivity index (χ2n) is 9.48. The Hall–Kier alpha value is -1.10. The largest absolute Gasteiger partial charge is 0.354 e. The van der Waals surface area contributed by atoms with E-state index in [0.717, 1.165) is 25.7 Å². The van der Waals surface area contributed by atoms with Crippen LogP contribution in [0.3, 0.4) is 0 Å². The number of rotatable bonds is 7. The number of nitrogens with one attached hydrogen (secondary N) is 2. The van der Waals surface area contributed by atoms with Crippen molar-refractivity contribution in [2.45, 2.75) is 91.1 Å². The van der Waals surface area contributed by atoms with E-state index in [-0.39, 0.29) is 23.8 Å². The molecule has 3 unspecified atom stereocenters. The predicted molar refractivity (Wildman–Crippen MR) is 110 cm³/mol. The summed E-state index contributed by atoms with van der Waals surface area (Å²) < 4.78 is 0. The van der Waals surface area contributed by atoms with Gasteiger partial charge in [0, 0.05) is 18.5 Å². The zero-order valence-corrected chi connectivity index (χ0v) is 17.8. The van der Waals surface area contributed by atoms with Crippen LogP contribution >= 0.6 is 0 Å². The molecular formula is C22H41N3O2. The van der Waals surface area contributed by atoms with Gasteiger partial charge in [-0.3, -0.25) is 9.59 Å². The second-order valence-corrected chi connectivity index (χ2v) is 9.48. The standard InChI is InChI=1S/C22H41N3O2/c1-14(2)18-11-10-15(3)12-19(18)22(27)24-13-20(25-21(26)16(4)23)17-8-6-5-7-9-17/h14-20H,5-13,23H2,1-4H3,(H,24,27)(H,25,26)/t15?,16-,18-,19?,20?/m0/s1. The van der Waals surface area contributed by atoms with Gasteiger partial charge in [0.25, 0.3) is 0 Å². The maximum absolute atomic E-state index is 13.0. The summed E-state index contributed by atoms with van der Waals surface area (Å²) in [5.41, 5.74) is 5.75.